The lowest BCUT2D eigenvalue weighted by Gasteiger charge is -2.25. The van der Waals surface area contributed by atoms with Crippen molar-refractivity contribution < 1.29 is 4.92 Å². The minimum absolute atomic E-state index is 0.0105. The van der Waals surface area contributed by atoms with Crippen LogP contribution in [0.25, 0.3) is 0 Å². The zero-order chi connectivity index (χ0) is 16.1. The van der Waals surface area contributed by atoms with E-state index in [0.717, 1.165) is 25.7 Å². The molecule has 0 saturated heterocycles. The van der Waals surface area contributed by atoms with Crippen LogP contribution in [0, 0.1) is 10.1 Å². The molecule has 126 valence electrons. The Hall–Kier alpha value is -1.92. The van der Waals surface area contributed by atoms with Gasteiger partial charge in [-0.15, -0.1) is 0 Å². The SMILES string of the molecule is O=[N+]([O-])c1c(NC2CCCCC2)ncnc1NC1CCCCC1. The van der Waals surface area contributed by atoms with Gasteiger partial charge in [-0.25, -0.2) is 9.97 Å². The van der Waals surface area contributed by atoms with Gasteiger partial charge < -0.3 is 10.6 Å². The van der Waals surface area contributed by atoms with E-state index >= 15 is 0 Å². The average Bonchev–Trinajstić information content (AvgIpc) is 2.56. The Balaban J connectivity index is 1.78. The fourth-order valence-electron chi connectivity index (χ4n) is 3.64. The molecular weight excluding hydrogens is 294 g/mol. The fourth-order valence-corrected chi connectivity index (χ4v) is 3.64. The van der Waals surface area contributed by atoms with Crippen LogP contribution >= 0.6 is 0 Å². The second-order valence-corrected chi connectivity index (χ2v) is 6.64. The van der Waals surface area contributed by atoms with Crippen LogP contribution in [-0.2, 0) is 0 Å². The van der Waals surface area contributed by atoms with Gasteiger partial charge in [0.15, 0.2) is 0 Å². The molecule has 3 rings (SSSR count). The molecular formula is C16H25N5O2. The quantitative estimate of drug-likeness (QED) is 0.632. The van der Waals surface area contributed by atoms with Crippen LogP contribution in [-0.4, -0.2) is 27.0 Å². The van der Waals surface area contributed by atoms with Gasteiger partial charge in [0.25, 0.3) is 0 Å². The molecule has 7 nitrogen and oxygen atoms in total. The van der Waals surface area contributed by atoms with Gasteiger partial charge in [-0.1, -0.05) is 38.5 Å². The van der Waals surface area contributed by atoms with Crippen molar-refractivity contribution in [3.05, 3.63) is 16.4 Å². The van der Waals surface area contributed by atoms with Gasteiger partial charge in [-0.3, -0.25) is 10.1 Å². The van der Waals surface area contributed by atoms with E-state index in [1.165, 1.54) is 44.9 Å². The van der Waals surface area contributed by atoms with Gasteiger partial charge in [0.2, 0.25) is 11.6 Å². The fraction of sp³-hybridized carbons (Fsp3) is 0.750. The summed E-state index contributed by atoms with van der Waals surface area (Å²) in [5.41, 5.74) is -0.0105. The molecule has 0 aromatic carbocycles. The first-order valence-corrected chi connectivity index (χ1v) is 8.76. The molecule has 2 fully saturated rings. The minimum Gasteiger partial charge on any atom is -0.361 e. The number of nitro groups is 1. The van der Waals surface area contributed by atoms with E-state index in [-0.39, 0.29) is 22.7 Å². The van der Waals surface area contributed by atoms with Crippen molar-refractivity contribution in [2.24, 2.45) is 0 Å². The molecule has 1 aromatic rings. The van der Waals surface area contributed by atoms with Crippen molar-refractivity contribution in [3.8, 4) is 0 Å². The summed E-state index contributed by atoms with van der Waals surface area (Å²) < 4.78 is 0. The zero-order valence-electron chi connectivity index (χ0n) is 13.5. The van der Waals surface area contributed by atoms with E-state index in [2.05, 4.69) is 20.6 Å². The highest BCUT2D eigenvalue weighted by atomic mass is 16.6. The van der Waals surface area contributed by atoms with Crippen molar-refractivity contribution in [2.45, 2.75) is 76.3 Å². The van der Waals surface area contributed by atoms with Crippen LogP contribution in [0.2, 0.25) is 0 Å². The highest BCUT2D eigenvalue weighted by Crippen LogP contribution is 2.33. The molecule has 0 unspecified atom stereocenters. The predicted molar refractivity (Wildman–Crippen MR) is 89.7 cm³/mol. The lowest BCUT2D eigenvalue weighted by atomic mass is 9.95. The van der Waals surface area contributed by atoms with E-state index in [1.807, 2.05) is 0 Å². The molecule has 2 aliphatic rings. The van der Waals surface area contributed by atoms with E-state index in [1.54, 1.807) is 0 Å². The molecule has 0 amide bonds. The van der Waals surface area contributed by atoms with Crippen LogP contribution in [0.4, 0.5) is 17.3 Å². The molecule has 2 aliphatic carbocycles. The minimum atomic E-state index is -0.365. The smallest absolute Gasteiger partial charge is 0.353 e. The van der Waals surface area contributed by atoms with Crippen molar-refractivity contribution in [2.75, 3.05) is 10.6 Å². The number of aromatic nitrogens is 2. The lowest BCUT2D eigenvalue weighted by Crippen LogP contribution is -2.26. The summed E-state index contributed by atoms with van der Waals surface area (Å²) >= 11 is 0. The molecule has 0 aliphatic heterocycles. The van der Waals surface area contributed by atoms with Crippen LogP contribution in [0.3, 0.4) is 0 Å². The van der Waals surface area contributed by atoms with Gasteiger partial charge in [0, 0.05) is 12.1 Å². The third-order valence-corrected chi connectivity index (χ3v) is 4.90. The lowest BCUT2D eigenvalue weighted by molar-refractivity contribution is -0.383. The van der Waals surface area contributed by atoms with Crippen molar-refractivity contribution >= 4 is 17.3 Å². The van der Waals surface area contributed by atoms with E-state index in [4.69, 9.17) is 0 Å². The first-order valence-electron chi connectivity index (χ1n) is 8.76. The van der Waals surface area contributed by atoms with Gasteiger partial charge >= 0.3 is 5.69 Å². The van der Waals surface area contributed by atoms with Crippen LogP contribution in [0.5, 0.6) is 0 Å². The van der Waals surface area contributed by atoms with Gasteiger partial charge in [-0.2, -0.15) is 0 Å². The highest BCUT2D eigenvalue weighted by molar-refractivity contribution is 5.69. The number of anilines is 2. The van der Waals surface area contributed by atoms with Crippen molar-refractivity contribution in [1.29, 1.82) is 0 Å². The predicted octanol–water partition coefficient (Wildman–Crippen LogP) is 3.87. The Morgan fingerprint density at radius 2 is 1.30 bits per heavy atom. The Morgan fingerprint density at radius 3 is 1.70 bits per heavy atom. The van der Waals surface area contributed by atoms with Crippen LogP contribution < -0.4 is 10.6 Å². The molecule has 0 atom stereocenters. The maximum atomic E-state index is 11.6. The van der Waals surface area contributed by atoms with E-state index in [9.17, 15) is 10.1 Å². The number of hydrogen-bond acceptors (Lipinski definition) is 6. The monoisotopic (exact) mass is 319 g/mol. The molecule has 23 heavy (non-hydrogen) atoms. The summed E-state index contributed by atoms with van der Waals surface area (Å²) in [6.07, 6.45) is 12.8. The Kier molecular flexibility index (Phi) is 5.25. The Labute approximate surface area is 136 Å². The van der Waals surface area contributed by atoms with Gasteiger partial charge in [-0.05, 0) is 25.7 Å². The van der Waals surface area contributed by atoms with Gasteiger partial charge in [0.1, 0.15) is 6.33 Å². The number of rotatable bonds is 5. The standard InChI is InChI=1S/C16H25N5O2/c22-21(23)14-15(19-12-7-3-1-4-8-12)17-11-18-16(14)20-13-9-5-2-6-10-13/h11-13H,1-10H2,(H2,17,18,19,20). The molecule has 0 bridgehead atoms. The first-order chi connectivity index (χ1) is 11.2. The van der Waals surface area contributed by atoms with E-state index < -0.39 is 0 Å². The largest absolute Gasteiger partial charge is 0.361 e. The molecule has 1 aromatic heterocycles. The summed E-state index contributed by atoms with van der Waals surface area (Å²) in [7, 11) is 0. The van der Waals surface area contributed by atoms with Crippen LogP contribution in [0.15, 0.2) is 6.33 Å². The summed E-state index contributed by atoms with van der Waals surface area (Å²) in [5.74, 6) is 0.713. The maximum Gasteiger partial charge on any atom is 0.353 e. The summed E-state index contributed by atoms with van der Waals surface area (Å²) in [6, 6.07) is 0.555. The van der Waals surface area contributed by atoms with Crippen LogP contribution in [0.1, 0.15) is 64.2 Å². The second kappa shape index (κ2) is 7.57. The molecule has 2 saturated carbocycles. The number of hydrogen-bond donors (Lipinski definition) is 2. The summed E-state index contributed by atoms with van der Waals surface area (Å²) in [5, 5.41) is 18.1. The number of nitrogens with one attached hydrogen (secondary N) is 2. The molecule has 0 spiro atoms. The maximum absolute atomic E-state index is 11.6. The molecule has 0 radical (unpaired) electrons. The normalized spacial score (nSPS) is 20.2. The first kappa shape index (κ1) is 16.0. The second-order valence-electron chi connectivity index (χ2n) is 6.64. The summed E-state index contributed by atoms with van der Waals surface area (Å²) in [4.78, 5) is 19.5. The topological polar surface area (TPSA) is 93.0 Å². The molecule has 2 N–H and O–H groups in total. The highest BCUT2D eigenvalue weighted by Gasteiger charge is 2.27. The van der Waals surface area contributed by atoms with E-state index in [0.29, 0.717) is 11.6 Å². The third-order valence-electron chi connectivity index (χ3n) is 4.90. The summed E-state index contributed by atoms with van der Waals surface area (Å²) in [6.45, 7) is 0. The molecule has 1 heterocycles. The number of nitrogens with zero attached hydrogens (tertiary/aromatic N) is 3. The average molecular weight is 319 g/mol. The third kappa shape index (κ3) is 4.09. The van der Waals surface area contributed by atoms with Crippen molar-refractivity contribution in [3.63, 3.8) is 0 Å². The van der Waals surface area contributed by atoms with Gasteiger partial charge in [0.05, 0.1) is 4.92 Å². The zero-order valence-corrected chi connectivity index (χ0v) is 13.5. The molecule has 7 heteroatoms. The van der Waals surface area contributed by atoms with Crippen molar-refractivity contribution in [1.82, 2.24) is 9.97 Å². The Bertz CT molecular complexity index is 501. The Morgan fingerprint density at radius 1 is 0.870 bits per heavy atom.